The zero-order chi connectivity index (χ0) is 14.7. The van der Waals surface area contributed by atoms with Crippen molar-refractivity contribution in [3.05, 3.63) is 40.4 Å². The Labute approximate surface area is 121 Å². The van der Waals surface area contributed by atoms with E-state index in [9.17, 15) is 10.5 Å². The van der Waals surface area contributed by atoms with Gasteiger partial charge in [-0.2, -0.15) is 10.5 Å². The van der Waals surface area contributed by atoms with Gasteiger partial charge in [0, 0.05) is 5.92 Å². The van der Waals surface area contributed by atoms with Crippen molar-refractivity contribution in [3.63, 3.8) is 0 Å². The van der Waals surface area contributed by atoms with Gasteiger partial charge < -0.3 is 10.5 Å². The van der Waals surface area contributed by atoms with E-state index in [0.29, 0.717) is 16.4 Å². The van der Waals surface area contributed by atoms with Gasteiger partial charge in [0.15, 0.2) is 0 Å². The molecule has 100 valence electrons. The van der Waals surface area contributed by atoms with Crippen LogP contribution in [0.2, 0.25) is 0 Å². The maximum atomic E-state index is 9.29. The Morgan fingerprint density at radius 3 is 2.45 bits per heavy atom. The van der Waals surface area contributed by atoms with Crippen molar-refractivity contribution in [2.24, 2.45) is 11.7 Å². The maximum Gasteiger partial charge on any atom is 0.118 e. The molecule has 1 aliphatic heterocycles. The lowest BCUT2D eigenvalue weighted by Crippen LogP contribution is -2.26. The first-order chi connectivity index (χ1) is 9.62. The van der Waals surface area contributed by atoms with E-state index in [4.69, 9.17) is 15.9 Å². The van der Waals surface area contributed by atoms with Gasteiger partial charge in [-0.05, 0) is 17.7 Å². The number of nitrogens with two attached hydrogens (primary N) is 1. The Morgan fingerprint density at radius 1 is 1.30 bits per heavy atom. The van der Waals surface area contributed by atoms with Crippen molar-refractivity contribution in [1.29, 1.82) is 15.9 Å². The van der Waals surface area contributed by atoms with E-state index in [1.165, 1.54) is 0 Å². The van der Waals surface area contributed by atoms with Crippen molar-refractivity contribution in [3.8, 4) is 17.9 Å². The van der Waals surface area contributed by atoms with Crippen LogP contribution >= 0.6 is 11.8 Å². The van der Waals surface area contributed by atoms with Crippen LogP contribution in [0.25, 0.3) is 0 Å². The van der Waals surface area contributed by atoms with Gasteiger partial charge in [0.2, 0.25) is 0 Å². The molecule has 2 atom stereocenters. The van der Waals surface area contributed by atoms with E-state index in [0.717, 1.165) is 17.3 Å². The molecule has 5 nitrogen and oxygen atoms in total. The van der Waals surface area contributed by atoms with E-state index in [1.807, 2.05) is 0 Å². The van der Waals surface area contributed by atoms with E-state index in [2.05, 4.69) is 12.1 Å². The third kappa shape index (κ3) is 2.34. The number of nitriles is 2. The molecule has 1 aliphatic rings. The first kappa shape index (κ1) is 14.0. The number of nitrogens with one attached hydrogen (secondary N) is 1. The molecule has 0 saturated carbocycles. The summed E-state index contributed by atoms with van der Waals surface area (Å²) < 4.78 is 5.09. The summed E-state index contributed by atoms with van der Waals surface area (Å²) in [7, 11) is 1.57. The number of hydrogen-bond acceptors (Lipinski definition) is 6. The molecule has 6 heteroatoms. The molecule has 0 amide bonds. The summed E-state index contributed by atoms with van der Waals surface area (Å²) in [4.78, 5) is 0. The normalized spacial score (nSPS) is 22.1. The summed E-state index contributed by atoms with van der Waals surface area (Å²) in [6.45, 7) is 0. The third-order valence-electron chi connectivity index (χ3n) is 3.15. The molecule has 0 spiro atoms. The predicted octanol–water partition coefficient (Wildman–Crippen LogP) is 2.34. The minimum absolute atomic E-state index is 0.171. The van der Waals surface area contributed by atoms with Crippen LogP contribution in [0.4, 0.5) is 0 Å². The Kier molecular flexibility index (Phi) is 3.97. The monoisotopic (exact) mass is 284 g/mol. The molecule has 20 heavy (non-hydrogen) atoms. The highest BCUT2D eigenvalue weighted by atomic mass is 32.2. The highest BCUT2D eigenvalue weighted by Crippen LogP contribution is 2.42. The second kappa shape index (κ2) is 5.68. The number of ether oxygens (including phenoxy) is 1. The van der Waals surface area contributed by atoms with Crippen LogP contribution in [-0.2, 0) is 0 Å². The summed E-state index contributed by atoms with van der Waals surface area (Å²) in [5.41, 5.74) is 6.96. The second-order valence-electron chi connectivity index (χ2n) is 4.21. The summed E-state index contributed by atoms with van der Waals surface area (Å²) in [6, 6.07) is 11.3. The Balaban J connectivity index is 2.53. The molecule has 0 aliphatic carbocycles. The van der Waals surface area contributed by atoms with Crippen molar-refractivity contribution in [2.45, 2.75) is 5.92 Å². The topological polar surface area (TPSA) is 107 Å². The van der Waals surface area contributed by atoms with Gasteiger partial charge in [-0.1, -0.05) is 23.9 Å². The Bertz CT molecular complexity index is 651. The van der Waals surface area contributed by atoms with Crippen LogP contribution in [0.3, 0.4) is 0 Å². The number of allylic oxidation sites excluding steroid dienone is 1. The maximum absolute atomic E-state index is 9.29. The van der Waals surface area contributed by atoms with Gasteiger partial charge >= 0.3 is 0 Å². The van der Waals surface area contributed by atoms with E-state index in [1.54, 1.807) is 31.4 Å². The predicted molar refractivity (Wildman–Crippen MR) is 77.0 cm³/mol. The van der Waals surface area contributed by atoms with Crippen molar-refractivity contribution in [2.75, 3.05) is 7.11 Å². The van der Waals surface area contributed by atoms with E-state index < -0.39 is 11.8 Å². The Hall–Kier alpha value is -2.44. The molecular weight excluding hydrogens is 272 g/mol. The third-order valence-corrected chi connectivity index (χ3v) is 4.06. The zero-order valence-electron chi connectivity index (χ0n) is 10.8. The molecule has 0 aromatic heterocycles. The summed E-state index contributed by atoms with van der Waals surface area (Å²) >= 11 is 0.984. The molecule has 0 radical (unpaired) electrons. The lowest BCUT2D eigenvalue weighted by Gasteiger charge is -2.27. The Morgan fingerprint density at radius 2 is 1.95 bits per heavy atom. The lowest BCUT2D eigenvalue weighted by atomic mass is 9.82. The number of rotatable bonds is 2. The van der Waals surface area contributed by atoms with Crippen LogP contribution in [-0.4, -0.2) is 12.2 Å². The van der Waals surface area contributed by atoms with Gasteiger partial charge in [0.05, 0.1) is 34.9 Å². The second-order valence-corrected chi connectivity index (χ2v) is 5.30. The fourth-order valence-corrected chi connectivity index (χ4v) is 2.97. The van der Waals surface area contributed by atoms with Gasteiger partial charge in [-0.25, -0.2) is 0 Å². The standard InChI is InChI=1S/C14H12N4OS/c1-19-9-4-2-8(3-5-9)12-10(6-15)13(17)20-14(18)11(12)7-16/h2-5,10,12,17H,18H2,1H3/t10-,12+/m0/s1. The van der Waals surface area contributed by atoms with Gasteiger partial charge in [-0.3, -0.25) is 5.41 Å². The van der Waals surface area contributed by atoms with Crippen LogP contribution < -0.4 is 10.5 Å². The van der Waals surface area contributed by atoms with Gasteiger partial charge in [0.1, 0.15) is 11.7 Å². The van der Waals surface area contributed by atoms with Crippen molar-refractivity contribution in [1.82, 2.24) is 0 Å². The van der Waals surface area contributed by atoms with Crippen LogP contribution in [0.15, 0.2) is 34.9 Å². The number of methoxy groups -OCH3 is 1. The lowest BCUT2D eigenvalue weighted by molar-refractivity contribution is 0.414. The van der Waals surface area contributed by atoms with Gasteiger partial charge in [-0.15, -0.1) is 0 Å². The van der Waals surface area contributed by atoms with E-state index in [-0.39, 0.29) is 5.04 Å². The molecule has 0 unspecified atom stereocenters. The first-order valence-corrected chi connectivity index (χ1v) is 6.63. The fraction of sp³-hybridized carbons (Fsp3) is 0.214. The molecule has 1 aromatic carbocycles. The molecule has 0 bridgehead atoms. The smallest absolute Gasteiger partial charge is 0.118 e. The number of hydrogen-bond donors (Lipinski definition) is 2. The molecule has 1 heterocycles. The fourth-order valence-electron chi connectivity index (χ4n) is 2.14. The zero-order valence-corrected chi connectivity index (χ0v) is 11.6. The highest BCUT2D eigenvalue weighted by Gasteiger charge is 2.36. The quantitative estimate of drug-likeness (QED) is 0.866. The minimum Gasteiger partial charge on any atom is -0.497 e. The number of nitrogens with zero attached hydrogens (tertiary/aromatic N) is 2. The summed E-state index contributed by atoms with van der Waals surface area (Å²) in [6.07, 6.45) is 0. The minimum atomic E-state index is -0.685. The molecule has 1 aromatic rings. The molecular formula is C14H12N4OS. The molecule has 3 N–H and O–H groups in total. The summed E-state index contributed by atoms with van der Waals surface area (Å²) in [5, 5.41) is 26.9. The van der Waals surface area contributed by atoms with E-state index >= 15 is 0 Å². The van der Waals surface area contributed by atoms with Crippen molar-refractivity contribution < 1.29 is 4.74 Å². The van der Waals surface area contributed by atoms with Crippen molar-refractivity contribution >= 4 is 16.8 Å². The molecule has 0 fully saturated rings. The van der Waals surface area contributed by atoms with Crippen LogP contribution in [0.1, 0.15) is 11.5 Å². The number of benzene rings is 1. The average molecular weight is 284 g/mol. The SMILES string of the molecule is COc1ccc([C@H]2C(C#N)=C(N)SC(=N)[C@H]2C#N)cc1. The van der Waals surface area contributed by atoms with Crippen LogP contribution in [0.5, 0.6) is 5.75 Å². The largest absolute Gasteiger partial charge is 0.497 e. The first-order valence-electron chi connectivity index (χ1n) is 5.82. The van der Waals surface area contributed by atoms with Crippen LogP contribution in [0, 0.1) is 34.0 Å². The average Bonchev–Trinajstić information content (AvgIpc) is 2.46. The number of thioether (sulfide) groups is 1. The van der Waals surface area contributed by atoms with Gasteiger partial charge in [0.25, 0.3) is 0 Å². The molecule has 2 rings (SSSR count). The highest BCUT2D eigenvalue weighted by molar-refractivity contribution is 8.17. The summed E-state index contributed by atoms with van der Waals surface area (Å²) in [5.74, 6) is -0.488. The molecule has 0 saturated heterocycles.